The number of sulfonamides is 1. The van der Waals surface area contributed by atoms with E-state index in [0.717, 1.165) is 11.6 Å². The highest BCUT2D eigenvalue weighted by Crippen LogP contribution is 2.32. The van der Waals surface area contributed by atoms with Crippen LogP contribution in [0.4, 0.5) is 33.7 Å². The van der Waals surface area contributed by atoms with Crippen LogP contribution in [0.2, 0.25) is 0 Å². The van der Waals surface area contributed by atoms with Gasteiger partial charge in [0.25, 0.3) is 10.0 Å². The molecule has 7 nitrogen and oxygen atoms in total. The topological polar surface area (TPSA) is 79.0 Å². The summed E-state index contributed by atoms with van der Waals surface area (Å²) in [6.07, 6.45) is -4.23. The third-order valence-electron chi connectivity index (χ3n) is 5.98. The maximum Gasteiger partial charge on any atom is 0.573 e. The molecule has 0 atom stereocenters. The molecule has 3 aromatic carbocycles. The Kier molecular flexibility index (Phi) is 7.54. The molecule has 1 fully saturated rings. The smallest absolute Gasteiger partial charge is 0.406 e. The molecule has 4 rings (SSSR count). The first-order chi connectivity index (χ1) is 17.8. The van der Waals surface area contributed by atoms with Crippen LogP contribution in [0.25, 0.3) is 0 Å². The Hall–Kier alpha value is -3.80. The highest BCUT2D eigenvalue weighted by molar-refractivity contribution is 7.92. The minimum absolute atomic E-state index is 0.136. The summed E-state index contributed by atoms with van der Waals surface area (Å²) in [6, 6.07) is 13.4. The Morgan fingerprint density at radius 3 is 2.34 bits per heavy atom. The van der Waals surface area contributed by atoms with Gasteiger partial charge in [-0.1, -0.05) is 24.3 Å². The zero-order chi connectivity index (χ0) is 27.7. The van der Waals surface area contributed by atoms with Gasteiger partial charge in [-0.2, -0.15) is 0 Å². The summed E-state index contributed by atoms with van der Waals surface area (Å²) in [7, 11) is -4.16. The molecule has 3 aromatic rings. The molecule has 0 radical (unpaired) electrons. The summed E-state index contributed by atoms with van der Waals surface area (Å²) in [5.74, 6) is -1.02. The van der Waals surface area contributed by atoms with E-state index in [1.165, 1.54) is 53.1 Å². The van der Waals surface area contributed by atoms with Crippen molar-refractivity contribution in [2.24, 2.45) is 0 Å². The van der Waals surface area contributed by atoms with Crippen molar-refractivity contribution in [3.8, 4) is 5.75 Å². The number of carbonyl (C=O) groups excluding carboxylic acids is 1. The number of carbonyl (C=O) groups is 1. The van der Waals surface area contributed by atoms with Gasteiger partial charge >= 0.3 is 12.4 Å². The Bertz CT molecular complexity index is 1440. The van der Waals surface area contributed by atoms with E-state index in [-0.39, 0.29) is 22.9 Å². The summed E-state index contributed by atoms with van der Waals surface area (Å²) < 4.78 is 83.8. The largest absolute Gasteiger partial charge is 0.573 e. The van der Waals surface area contributed by atoms with Crippen LogP contribution in [0.5, 0.6) is 5.75 Å². The van der Waals surface area contributed by atoms with E-state index in [4.69, 9.17) is 0 Å². The molecule has 1 N–H and O–H groups in total. The number of hydrogen-bond donors (Lipinski definition) is 1. The van der Waals surface area contributed by atoms with Crippen molar-refractivity contribution in [1.29, 1.82) is 0 Å². The molecular weight excluding hydrogens is 526 g/mol. The fourth-order valence-electron chi connectivity index (χ4n) is 4.08. The standard InChI is InChI=1S/C26H25F4N3O4S/c1-17-4-11-24(23(14-17)31-38(35,36)21-10-5-18(2)22(27)15-21)33-13-3-12-32(25(33)34)16-19-6-8-20(9-7-19)37-26(28,29)30/h4-11,14-15,31H,3,12-13,16H2,1-2H3. The molecule has 0 aliphatic carbocycles. The maximum atomic E-state index is 14.0. The predicted octanol–water partition coefficient (Wildman–Crippen LogP) is 5.97. The lowest BCUT2D eigenvalue weighted by atomic mass is 10.1. The average molecular weight is 552 g/mol. The first-order valence-electron chi connectivity index (χ1n) is 11.6. The molecule has 0 aromatic heterocycles. The van der Waals surface area contributed by atoms with E-state index in [1.54, 1.807) is 25.1 Å². The fourth-order valence-corrected chi connectivity index (χ4v) is 5.16. The molecule has 1 saturated heterocycles. The molecule has 0 bridgehead atoms. The molecule has 0 saturated carbocycles. The number of hydrogen-bond acceptors (Lipinski definition) is 4. The molecular formula is C26H25F4N3O4S. The van der Waals surface area contributed by atoms with Crippen molar-refractivity contribution in [2.75, 3.05) is 22.7 Å². The summed E-state index contributed by atoms with van der Waals surface area (Å²) in [5, 5.41) is 0. The highest BCUT2D eigenvalue weighted by atomic mass is 32.2. The lowest BCUT2D eigenvalue weighted by Crippen LogP contribution is -2.49. The lowest BCUT2D eigenvalue weighted by Gasteiger charge is -2.36. The molecule has 1 aliphatic rings. The molecule has 1 aliphatic heterocycles. The monoisotopic (exact) mass is 551 g/mol. The van der Waals surface area contributed by atoms with Crippen LogP contribution in [0.15, 0.2) is 65.6 Å². The van der Waals surface area contributed by atoms with E-state index in [1.807, 2.05) is 0 Å². The van der Waals surface area contributed by atoms with Crippen LogP contribution in [-0.4, -0.2) is 38.8 Å². The van der Waals surface area contributed by atoms with E-state index >= 15 is 0 Å². The van der Waals surface area contributed by atoms with Crippen LogP contribution in [0.1, 0.15) is 23.1 Å². The van der Waals surface area contributed by atoms with E-state index < -0.39 is 28.2 Å². The van der Waals surface area contributed by atoms with Crippen molar-refractivity contribution < 1.29 is 35.5 Å². The van der Waals surface area contributed by atoms with Gasteiger partial charge in [-0.25, -0.2) is 17.6 Å². The summed E-state index contributed by atoms with van der Waals surface area (Å²) >= 11 is 0. The number of ether oxygens (including phenoxy) is 1. The van der Waals surface area contributed by atoms with Crippen LogP contribution in [0, 0.1) is 19.7 Å². The number of aryl methyl sites for hydroxylation is 2. The van der Waals surface area contributed by atoms with Crippen LogP contribution in [0.3, 0.4) is 0 Å². The number of nitrogens with one attached hydrogen (secondary N) is 1. The van der Waals surface area contributed by atoms with Gasteiger partial charge in [0.1, 0.15) is 11.6 Å². The van der Waals surface area contributed by atoms with Crippen molar-refractivity contribution in [3.05, 3.63) is 83.2 Å². The summed E-state index contributed by atoms with van der Waals surface area (Å²) in [4.78, 5) is 16.1. The van der Waals surface area contributed by atoms with Crippen molar-refractivity contribution >= 4 is 27.4 Å². The summed E-state index contributed by atoms with van der Waals surface area (Å²) in [6.45, 7) is 4.16. The molecule has 202 valence electrons. The van der Waals surface area contributed by atoms with E-state index in [0.29, 0.717) is 36.3 Å². The Morgan fingerprint density at radius 1 is 0.974 bits per heavy atom. The minimum Gasteiger partial charge on any atom is -0.406 e. The lowest BCUT2D eigenvalue weighted by molar-refractivity contribution is -0.274. The van der Waals surface area contributed by atoms with Gasteiger partial charge in [0.15, 0.2) is 0 Å². The second-order valence-electron chi connectivity index (χ2n) is 8.94. The number of anilines is 2. The zero-order valence-electron chi connectivity index (χ0n) is 20.5. The first kappa shape index (κ1) is 27.2. The van der Waals surface area contributed by atoms with Crippen molar-refractivity contribution in [2.45, 2.75) is 38.1 Å². The van der Waals surface area contributed by atoms with E-state index in [2.05, 4.69) is 9.46 Å². The molecule has 0 unspecified atom stereocenters. The summed E-state index contributed by atoms with van der Waals surface area (Å²) in [5.41, 5.74) is 2.14. The second-order valence-corrected chi connectivity index (χ2v) is 10.6. The number of nitrogens with zero attached hydrogens (tertiary/aromatic N) is 2. The first-order valence-corrected chi connectivity index (χ1v) is 13.1. The second kappa shape index (κ2) is 10.5. The number of benzene rings is 3. The molecule has 0 spiro atoms. The average Bonchev–Trinajstić information content (AvgIpc) is 2.82. The number of rotatable bonds is 7. The van der Waals surface area contributed by atoms with E-state index in [9.17, 15) is 30.8 Å². The normalized spacial score (nSPS) is 14.5. The zero-order valence-corrected chi connectivity index (χ0v) is 21.4. The maximum absolute atomic E-state index is 14.0. The molecule has 38 heavy (non-hydrogen) atoms. The Morgan fingerprint density at radius 2 is 1.68 bits per heavy atom. The van der Waals surface area contributed by atoms with Crippen LogP contribution >= 0.6 is 0 Å². The Balaban J connectivity index is 1.56. The molecule has 2 amide bonds. The molecule has 12 heteroatoms. The minimum atomic E-state index is -4.80. The van der Waals surface area contributed by atoms with Gasteiger partial charge < -0.3 is 9.64 Å². The van der Waals surface area contributed by atoms with Crippen LogP contribution in [-0.2, 0) is 16.6 Å². The highest BCUT2D eigenvalue weighted by Gasteiger charge is 2.32. The predicted molar refractivity (Wildman–Crippen MR) is 134 cm³/mol. The SMILES string of the molecule is Cc1ccc(N2CCCN(Cc3ccc(OC(F)(F)F)cc3)C2=O)c(NS(=O)(=O)c2ccc(C)c(F)c2)c1. The number of amides is 2. The third kappa shape index (κ3) is 6.36. The van der Waals surface area contributed by atoms with Crippen molar-refractivity contribution in [3.63, 3.8) is 0 Å². The van der Waals surface area contributed by atoms with Gasteiger partial charge in [-0.15, -0.1) is 13.2 Å². The van der Waals surface area contributed by atoms with Gasteiger partial charge in [-0.3, -0.25) is 9.62 Å². The Labute approximate surface area is 217 Å². The molecule has 1 heterocycles. The van der Waals surface area contributed by atoms with Gasteiger partial charge in [0, 0.05) is 19.6 Å². The number of alkyl halides is 3. The third-order valence-corrected chi connectivity index (χ3v) is 7.35. The van der Waals surface area contributed by atoms with Crippen molar-refractivity contribution in [1.82, 2.24) is 4.90 Å². The number of urea groups is 1. The fraction of sp³-hybridized carbons (Fsp3) is 0.269. The van der Waals surface area contributed by atoms with Crippen LogP contribution < -0.4 is 14.4 Å². The van der Waals surface area contributed by atoms with Gasteiger partial charge in [-0.05, 0) is 73.4 Å². The quantitative estimate of drug-likeness (QED) is 0.367. The number of halogens is 4. The van der Waals surface area contributed by atoms with Gasteiger partial charge in [0.2, 0.25) is 0 Å². The van der Waals surface area contributed by atoms with Gasteiger partial charge in [0.05, 0.1) is 16.3 Å².